The smallest absolute Gasteiger partial charge is 0.127 e. The van der Waals surface area contributed by atoms with Crippen LogP contribution in [0.25, 0.3) is 0 Å². The van der Waals surface area contributed by atoms with Crippen LogP contribution in [0.1, 0.15) is 73.6 Å². The van der Waals surface area contributed by atoms with Gasteiger partial charge >= 0.3 is 0 Å². The average Bonchev–Trinajstić information content (AvgIpc) is 2.73. The summed E-state index contributed by atoms with van der Waals surface area (Å²) in [4.78, 5) is 0. The van der Waals surface area contributed by atoms with Crippen LogP contribution in [0.4, 0.5) is 4.39 Å². The Hall–Kier alpha value is -2.11. The second kappa shape index (κ2) is 9.14. The molecule has 2 aliphatic carbocycles. The number of hydrogen-bond acceptors (Lipinski definition) is 1. The van der Waals surface area contributed by atoms with Crippen molar-refractivity contribution < 1.29 is 9.13 Å². The van der Waals surface area contributed by atoms with E-state index in [1.165, 1.54) is 24.8 Å². The molecule has 4 atom stereocenters. The third-order valence-corrected chi connectivity index (χ3v) is 6.81. The number of fused-ring (bicyclic) bond motifs is 1. The zero-order chi connectivity index (χ0) is 20.2. The van der Waals surface area contributed by atoms with Gasteiger partial charge in [-0.25, -0.2) is 4.39 Å². The molecular weight excluding hydrogens is 359 g/mol. The molecule has 2 aromatic rings. The van der Waals surface area contributed by atoms with Crippen molar-refractivity contribution in [2.75, 3.05) is 6.61 Å². The molecule has 2 aliphatic rings. The molecule has 0 bridgehead atoms. The fraction of sp³-hybridized carbons (Fsp3) is 0.481. The van der Waals surface area contributed by atoms with Gasteiger partial charge in [0.1, 0.15) is 5.82 Å². The van der Waals surface area contributed by atoms with Crippen molar-refractivity contribution in [2.45, 2.75) is 64.4 Å². The quantitative estimate of drug-likeness (QED) is 0.535. The topological polar surface area (TPSA) is 9.23 Å². The molecule has 0 spiro atoms. The first-order chi connectivity index (χ1) is 14.1. The lowest BCUT2D eigenvalue weighted by atomic mass is 9.65. The first-order valence-corrected chi connectivity index (χ1v) is 11.1. The number of halogens is 1. The molecule has 2 saturated carbocycles. The highest BCUT2D eigenvalue weighted by Gasteiger charge is 2.36. The third-order valence-electron chi connectivity index (χ3n) is 6.81. The summed E-state index contributed by atoms with van der Waals surface area (Å²) in [5.74, 6) is 7.99. The highest BCUT2D eigenvalue weighted by atomic mass is 19.1. The molecule has 0 N–H and O–H groups in total. The van der Waals surface area contributed by atoms with Crippen molar-refractivity contribution in [2.24, 2.45) is 11.8 Å². The van der Waals surface area contributed by atoms with Gasteiger partial charge in [-0.15, -0.1) is 0 Å². The predicted octanol–water partition coefficient (Wildman–Crippen LogP) is 6.62. The fourth-order valence-corrected chi connectivity index (χ4v) is 5.23. The van der Waals surface area contributed by atoms with Crippen LogP contribution in [-0.2, 0) is 4.74 Å². The lowest BCUT2D eigenvalue weighted by Crippen LogP contribution is -2.33. The molecule has 0 saturated heterocycles. The van der Waals surface area contributed by atoms with E-state index in [-0.39, 0.29) is 5.82 Å². The largest absolute Gasteiger partial charge is 0.378 e. The van der Waals surface area contributed by atoms with Gasteiger partial charge in [0.05, 0.1) is 6.10 Å². The van der Waals surface area contributed by atoms with Crippen LogP contribution in [0.15, 0.2) is 42.5 Å². The van der Waals surface area contributed by atoms with E-state index in [0.717, 1.165) is 54.4 Å². The summed E-state index contributed by atoms with van der Waals surface area (Å²) in [5, 5.41) is 0. The van der Waals surface area contributed by atoms with E-state index in [0.29, 0.717) is 12.0 Å². The molecule has 29 heavy (non-hydrogen) atoms. The van der Waals surface area contributed by atoms with Crippen molar-refractivity contribution in [3.05, 3.63) is 70.5 Å². The Morgan fingerprint density at radius 1 is 0.897 bits per heavy atom. The van der Waals surface area contributed by atoms with Gasteiger partial charge in [0.2, 0.25) is 0 Å². The van der Waals surface area contributed by atoms with E-state index in [1.807, 2.05) is 36.4 Å². The molecule has 2 aromatic carbocycles. The Morgan fingerprint density at radius 2 is 1.59 bits per heavy atom. The van der Waals surface area contributed by atoms with Crippen molar-refractivity contribution >= 4 is 0 Å². The van der Waals surface area contributed by atoms with E-state index in [4.69, 9.17) is 4.74 Å². The maximum atomic E-state index is 14.9. The first kappa shape index (κ1) is 20.2. The summed E-state index contributed by atoms with van der Waals surface area (Å²) in [6.45, 7) is 4.96. The fourth-order valence-electron chi connectivity index (χ4n) is 5.23. The van der Waals surface area contributed by atoms with Crippen LogP contribution in [0.5, 0.6) is 0 Å². The molecule has 0 heterocycles. The summed E-state index contributed by atoms with van der Waals surface area (Å²) in [6.07, 6.45) is 7.45. The monoisotopic (exact) mass is 390 g/mol. The lowest BCUT2D eigenvalue weighted by Gasteiger charge is -2.42. The number of benzene rings is 2. The van der Waals surface area contributed by atoms with Gasteiger partial charge < -0.3 is 4.74 Å². The molecule has 0 radical (unpaired) electrons. The SMILES string of the molecule is CCOC1CCC2CC(c3ccc(C#Cc4ccc(C)cc4)cc3F)CCC2C1. The summed E-state index contributed by atoms with van der Waals surface area (Å²) in [5.41, 5.74) is 3.81. The van der Waals surface area contributed by atoms with Gasteiger partial charge in [0.15, 0.2) is 0 Å². The maximum Gasteiger partial charge on any atom is 0.127 e. The molecular formula is C27H31FO. The minimum atomic E-state index is -0.0906. The van der Waals surface area contributed by atoms with Crippen LogP contribution < -0.4 is 0 Å². The van der Waals surface area contributed by atoms with Crippen molar-refractivity contribution in [1.82, 2.24) is 0 Å². The highest BCUT2D eigenvalue weighted by molar-refractivity contribution is 5.44. The lowest BCUT2D eigenvalue weighted by molar-refractivity contribution is -0.00968. The predicted molar refractivity (Wildman–Crippen MR) is 116 cm³/mol. The van der Waals surface area contributed by atoms with Crippen molar-refractivity contribution in [1.29, 1.82) is 0 Å². The Bertz CT molecular complexity index is 889. The third kappa shape index (κ3) is 4.90. The van der Waals surface area contributed by atoms with E-state index in [1.54, 1.807) is 6.07 Å². The Morgan fingerprint density at radius 3 is 2.34 bits per heavy atom. The van der Waals surface area contributed by atoms with Crippen LogP contribution in [0, 0.1) is 36.4 Å². The summed E-state index contributed by atoms with van der Waals surface area (Å²) in [6, 6.07) is 13.7. The second-order valence-electron chi connectivity index (χ2n) is 8.77. The molecule has 4 rings (SSSR count). The van der Waals surface area contributed by atoms with Gasteiger partial charge in [0.25, 0.3) is 0 Å². The molecule has 0 aromatic heterocycles. The first-order valence-electron chi connectivity index (χ1n) is 11.1. The summed E-state index contributed by atoms with van der Waals surface area (Å²) >= 11 is 0. The highest BCUT2D eigenvalue weighted by Crippen LogP contribution is 2.47. The van der Waals surface area contributed by atoms with Crippen molar-refractivity contribution in [3.8, 4) is 11.8 Å². The minimum Gasteiger partial charge on any atom is -0.378 e. The van der Waals surface area contributed by atoms with Crippen LogP contribution in [0.2, 0.25) is 0 Å². The molecule has 0 amide bonds. The van der Waals surface area contributed by atoms with Gasteiger partial charge in [-0.1, -0.05) is 35.6 Å². The number of rotatable bonds is 3. The molecule has 2 heteroatoms. The van der Waals surface area contributed by atoms with Gasteiger partial charge in [-0.05, 0) is 100.0 Å². The van der Waals surface area contributed by atoms with Crippen LogP contribution >= 0.6 is 0 Å². The minimum absolute atomic E-state index is 0.0906. The molecule has 1 nitrogen and oxygen atoms in total. The second-order valence-corrected chi connectivity index (χ2v) is 8.77. The average molecular weight is 391 g/mol. The van der Waals surface area contributed by atoms with Crippen LogP contribution in [0.3, 0.4) is 0 Å². The van der Waals surface area contributed by atoms with E-state index >= 15 is 0 Å². The standard InChI is InChI=1S/C27H31FO/c1-3-29-25-14-13-22-17-24(12-11-23(22)18-25)26-15-10-21(16-27(26)28)9-8-20-6-4-19(2)5-7-20/h4-7,10,15-16,22-25H,3,11-14,17-18H2,1-2H3. The van der Waals surface area contributed by atoms with Gasteiger partial charge in [-0.2, -0.15) is 0 Å². The molecule has 2 fully saturated rings. The van der Waals surface area contributed by atoms with E-state index in [9.17, 15) is 4.39 Å². The molecule has 0 aliphatic heterocycles. The van der Waals surface area contributed by atoms with E-state index in [2.05, 4.69) is 25.7 Å². The van der Waals surface area contributed by atoms with Crippen LogP contribution in [-0.4, -0.2) is 12.7 Å². The zero-order valence-corrected chi connectivity index (χ0v) is 17.6. The number of hydrogen-bond donors (Lipinski definition) is 0. The summed E-state index contributed by atoms with van der Waals surface area (Å²) in [7, 11) is 0. The van der Waals surface area contributed by atoms with E-state index < -0.39 is 0 Å². The van der Waals surface area contributed by atoms with Gasteiger partial charge in [0, 0.05) is 17.7 Å². The number of ether oxygens (including phenoxy) is 1. The Kier molecular flexibility index (Phi) is 6.36. The molecule has 152 valence electrons. The van der Waals surface area contributed by atoms with Gasteiger partial charge in [-0.3, -0.25) is 0 Å². The Labute approximate surface area is 174 Å². The maximum absolute atomic E-state index is 14.9. The summed E-state index contributed by atoms with van der Waals surface area (Å²) < 4.78 is 20.8. The number of aryl methyl sites for hydroxylation is 1. The Balaban J connectivity index is 1.42. The molecule has 4 unspecified atom stereocenters. The zero-order valence-electron chi connectivity index (χ0n) is 17.6. The van der Waals surface area contributed by atoms with Crippen molar-refractivity contribution in [3.63, 3.8) is 0 Å². The normalized spacial score (nSPS) is 26.3.